The van der Waals surface area contributed by atoms with Gasteiger partial charge in [-0.05, 0) is 63.1 Å². The third-order valence-corrected chi connectivity index (χ3v) is 6.43. The van der Waals surface area contributed by atoms with Gasteiger partial charge < -0.3 is 16.0 Å². The second-order valence-electron chi connectivity index (χ2n) is 7.84. The zero-order valence-corrected chi connectivity index (χ0v) is 18.9. The van der Waals surface area contributed by atoms with Crippen molar-refractivity contribution in [2.24, 2.45) is 5.73 Å². The third-order valence-electron chi connectivity index (χ3n) is 5.39. The lowest BCUT2D eigenvalue weighted by Gasteiger charge is -2.19. The number of benzene rings is 2. The fraction of sp³-hybridized carbons (Fsp3) is 0.304. The van der Waals surface area contributed by atoms with Crippen LogP contribution in [0.5, 0.6) is 0 Å². The van der Waals surface area contributed by atoms with Crippen molar-refractivity contribution in [3.63, 3.8) is 0 Å². The molecule has 1 atom stereocenters. The molecule has 0 bridgehead atoms. The van der Waals surface area contributed by atoms with Gasteiger partial charge in [-0.15, -0.1) is 10.2 Å². The summed E-state index contributed by atoms with van der Waals surface area (Å²) in [5, 5.41) is 12.0. The summed E-state index contributed by atoms with van der Waals surface area (Å²) < 4.78 is 2.03. The quantitative estimate of drug-likeness (QED) is 0.535. The fourth-order valence-electron chi connectivity index (χ4n) is 3.55. The largest absolute Gasteiger partial charge is 0.366 e. The number of primary amides is 1. The van der Waals surface area contributed by atoms with E-state index in [0.29, 0.717) is 16.4 Å². The Bertz CT molecular complexity index is 1100. The lowest BCUT2D eigenvalue weighted by Crippen LogP contribution is -2.24. The van der Waals surface area contributed by atoms with Gasteiger partial charge in [0.05, 0.1) is 10.9 Å². The topological polar surface area (TPSA) is 106 Å². The van der Waals surface area contributed by atoms with Gasteiger partial charge in [-0.2, -0.15) is 0 Å². The highest BCUT2D eigenvalue weighted by atomic mass is 32.2. The molecule has 3 N–H and O–H groups in total. The molecule has 2 heterocycles. The maximum absolute atomic E-state index is 12.8. The fourth-order valence-corrected chi connectivity index (χ4v) is 4.42. The summed E-state index contributed by atoms with van der Waals surface area (Å²) in [7, 11) is 0. The molecule has 1 unspecified atom stereocenters. The number of carbonyl (C=O) groups is 2. The standard InChI is InChI=1S/C23H26N6O2S/c1-15-5-11-19(12-6-15)29-22(28-13-3-4-14-28)26-27-23(29)32-16(2)21(31)25-18-9-7-17(8-10-18)20(24)30/h5-12,16H,3-4,13-14H2,1-2H3,(H2,24,30)(H,25,31). The molecular formula is C23H26N6O2S. The van der Waals surface area contributed by atoms with Crippen molar-refractivity contribution in [2.45, 2.75) is 37.1 Å². The lowest BCUT2D eigenvalue weighted by molar-refractivity contribution is -0.115. The van der Waals surface area contributed by atoms with Crippen LogP contribution in [0.4, 0.5) is 11.6 Å². The van der Waals surface area contributed by atoms with E-state index in [-0.39, 0.29) is 5.91 Å². The van der Waals surface area contributed by atoms with Gasteiger partial charge in [-0.3, -0.25) is 14.2 Å². The van der Waals surface area contributed by atoms with Crippen molar-refractivity contribution in [1.29, 1.82) is 0 Å². The van der Waals surface area contributed by atoms with Crippen LogP contribution < -0.4 is 16.0 Å². The first-order valence-electron chi connectivity index (χ1n) is 10.6. The molecule has 0 aliphatic carbocycles. The van der Waals surface area contributed by atoms with E-state index in [9.17, 15) is 9.59 Å². The van der Waals surface area contributed by atoms with Gasteiger partial charge in [0, 0.05) is 24.3 Å². The number of nitrogens with one attached hydrogen (secondary N) is 1. The summed E-state index contributed by atoms with van der Waals surface area (Å²) in [6.45, 7) is 5.79. The third kappa shape index (κ3) is 4.77. The number of thioether (sulfide) groups is 1. The van der Waals surface area contributed by atoms with E-state index < -0.39 is 11.2 Å². The van der Waals surface area contributed by atoms with Crippen molar-refractivity contribution in [3.05, 3.63) is 59.7 Å². The summed E-state index contributed by atoms with van der Waals surface area (Å²) >= 11 is 1.36. The van der Waals surface area contributed by atoms with E-state index in [1.54, 1.807) is 24.3 Å². The minimum Gasteiger partial charge on any atom is -0.366 e. The Morgan fingerprint density at radius 3 is 2.31 bits per heavy atom. The molecule has 166 valence electrons. The number of nitrogens with zero attached hydrogens (tertiary/aromatic N) is 4. The Morgan fingerprint density at radius 1 is 1.03 bits per heavy atom. The van der Waals surface area contributed by atoms with E-state index in [2.05, 4.69) is 39.5 Å². The summed E-state index contributed by atoms with van der Waals surface area (Å²) in [5.41, 5.74) is 8.41. The summed E-state index contributed by atoms with van der Waals surface area (Å²) in [5.74, 6) is 0.141. The highest BCUT2D eigenvalue weighted by Crippen LogP contribution is 2.31. The van der Waals surface area contributed by atoms with Crippen LogP contribution >= 0.6 is 11.8 Å². The van der Waals surface area contributed by atoms with Gasteiger partial charge in [0.15, 0.2) is 5.16 Å². The Morgan fingerprint density at radius 2 is 1.69 bits per heavy atom. The smallest absolute Gasteiger partial charge is 0.248 e. The minimum absolute atomic E-state index is 0.164. The molecule has 1 aliphatic heterocycles. The lowest BCUT2D eigenvalue weighted by atomic mass is 10.2. The molecule has 2 aromatic carbocycles. The molecule has 3 aromatic rings. The number of aromatic nitrogens is 3. The number of aryl methyl sites for hydroxylation is 1. The van der Waals surface area contributed by atoms with E-state index in [1.807, 2.05) is 23.6 Å². The molecule has 32 heavy (non-hydrogen) atoms. The highest BCUT2D eigenvalue weighted by molar-refractivity contribution is 8.00. The zero-order chi connectivity index (χ0) is 22.7. The maximum atomic E-state index is 12.8. The summed E-state index contributed by atoms with van der Waals surface area (Å²) in [4.78, 5) is 26.3. The van der Waals surface area contributed by atoms with Crippen LogP contribution in [0.15, 0.2) is 53.7 Å². The number of hydrogen-bond donors (Lipinski definition) is 2. The molecule has 9 heteroatoms. The van der Waals surface area contributed by atoms with E-state index in [0.717, 1.165) is 37.6 Å². The van der Waals surface area contributed by atoms with Gasteiger partial charge >= 0.3 is 0 Å². The van der Waals surface area contributed by atoms with Crippen LogP contribution in [0.25, 0.3) is 5.69 Å². The van der Waals surface area contributed by atoms with Gasteiger partial charge in [0.2, 0.25) is 17.8 Å². The highest BCUT2D eigenvalue weighted by Gasteiger charge is 2.25. The molecule has 1 fully saturated rings. The van der Waals surface area contributed by atoms with Gasteiger partial charge in [-0.1, -0.05) is 29.5 Å². The van der Waals surface area contributed by atoms with Gasteiger partial charge in [0.1, 0.15) is 0 Å². The van der Waals surface area contributed by atoms with Gasteiger partial charge in [-0.25, -0.2) is 0 Å². The summed E-state index contributed by atoms with van der Waals surface area (Å²) in [6.07, 6.45) is 2.27. The zero-order valence-electron chi connectivity index (χ0n) is 18.1. The van der Waals surface area contributed by atoms with Crippen LogP contribution in [-0.4, -0.2) is 44.9 Å². The number of carbonyl (C=O) groups excluding carboxylic acids is 2. The van der Waals surface area contributed by atoms with E-state index in [1.165, 1.54) is 17.3 Å². The first-order chi connectivity index (χ1) is 15.4. The molecule has 0 spiro atoms. The normalized spacial score (nSPS) is 14.4. The molecule has 4 rings (SSSR count). The Hall–Kier alpha value is -3.33. The molecule has 2 amide bonds. The number of hydrogen-bond acceptors (Lipinski definition) is 6. The number of rotatable bonds is 7. The number of nitrogens with two attached hydrogens (primary N) is 1. The molecule has 0 radical (unpaired) electrons. The average molecular weight is 451 g/mol. The maximum Gasteiger partial charge on any atom is 0.248 e. The van der Waals surface area contributed by atoms with Crippen LogP contribution in [0.2, 0.25) is 0 Å². The second kappa shape index (κ2) is 9.44. The summed E-state index contributed by atoms with van der Waals surface area (Å²) in [6, 6.07) is 14.7. The predicted octanol–water partition coefficient (Wildman–Crippen LogP) is 3.39. The van der Waals surface area contributed by atoms with E-state index in [4.69, 9.17) is 5.73 Å². The SMILES string of the molecule is Cc1ccc(-n2c(SC(C)C(=O)Nc3ccc(C(N)=O)cc3)nnc2N2CCCC2)cc1. The van der Waals surface area contributed by atoms with Crippen LogP contribution in [0, 0.1) is 6.92 Å². The Labute approximate surface area is 191 Å². The monoisotopic (exact) mass is 450 g/mol. The van der Waals surface area contributed by atoms with Crippen molar-refractivity contribution in [3.8, 4) is 5.69 Å². The molecule has 1 saturated heterocycles. The first kappa shape index (κ1) is 21.9. The average Bonchev–Trinajstić information content (AvgIpc) is 3.45. The minimum atomic E-state index is -0.504. The molecule has 0 saturated carbocycles. The molecule has 1 aliphatic rings. The van der Waals surface area contributed by atoms with Gasteiger partial charge in [0.25, 0.3) is 0 Å². The van der Waals surface area contributed by atoms with Crippen LogP contribution in [0.1, 0.15) is 35.7 Å². The van der Waals surface area contributed by atoms with E-state index >= 15 is 0 Å². The molecular weight excluding hydrogens is 424 g/mol. The molecule has 8 nitrogen and oxygen atoms in total. The van der Waals surface area contributed by atoms with Crippen molar-refractivity contribution < 1.29 is 9.59 Å². The first-order valence-corrected chi connectivity index (χ1v) is 11.4. The van der Waals surface area contributed by atoms with Crippen molar-refractivity contribution in [1.82, 2.24) is 14.8 Å². The Kier molecular flexibility index (Phi) is 6.45. The van der Waals surface area contributed by atoms with Crippen molar-refractivity contribution >= 4 is 35.2 Å². The van der Waals surface area contributed by atoms with Crippen LogP contribution in [0.3, 0.4) is 0 Å². The van der Waals surface area contributed by atoms with Crippen molar-refractivity contribution in [2.75, 3.05) is 23.3 Å². The number of amides is 2. The molecule has 1 aromatic heterocycles. The van der Waals surface area contributed by atoms with Crippen LogP contribution in [-0.2, 0) is 4.79 Å². The Balaban J connectivity index is 1.54. The second-order valence-corrected chi connectivity index (χ2v) is 9.15. The predicted molar refractivity (Wildman–Crippen MR) is 126 cm³/mol. The number of anilines is 2.